The van der Waals surface area contributed by atoms with Gasteiger partial charge in [0, 0.05) is 0 Å². The molecule has 0 radical (unpaired) electrons. The summed E-state index contributed by atoms with van der Waals surface area (Å²) in [7, 11) is 1.23. The molecule has 11 heteroatoms. The Bertz CT molecular complexity index is 1380. The maximum Gasteiger partial charge on any atom is 0.373 e. The minimum Gasteiger partial charge on any atom is -0.488 e. The van der Waals surface area contributed by atoms with Crippen molar-refractivity contribution in [2.45, 2.75) is 13.2 Å². The van der Waals surface area contributed by atoms with E-state index in [2.05, 4.69) is 20.7 Å². The first-order chi connectivity index (χ1) is 17.2. The number of furan rings is 1. The van der Waals surface area contributed by atoms with Gasteiger partial charge in [-0.15, -0.1) is 0 Å². The highest BCUT2D eigenvalue weighted by Gasteiger charge is 2.35. The number of thioether (sulfide) groups is 1. The second-order valence-corrected chi connectivity index (χ2v) is 9.35. The largest absolute Gasteiger partial charge is 0.488 e. The second kappa shape index (κ2) is 10.8. The first-order valence-corrected chi connectivity index (χ1v) is 12.0. The Balaban J connectivity index is 1.41. The number of hydrogen-bond donors (Lipinski definition) is 1. The molecule has 1 saturated heterocycles. The number of rotatable bonds is 8. The van der Waals surface area contributed by atoms with Gasteiger partial charge in [0.25, 0.3) is 11.1 Å². The Hall–Kier alpha value is -3.83. The summed E-state index contributed by atoms with van der Waals surface area (Å²) >= 11 is 4.26. The van der Waals surface area contributed by atoms with Crippen LogP contribution in [0.25, 0.3) is 6.08 Å². The van der Waals surface area contributed by atoms with E-state index in [0.29, 0.717) is 15.8 Å². The number of aromatic carboxylic acids is 1. The van der Waals surface area contributed by atoms with Gasteiger partial charge in [-0.3, -0.25) is 14.5 Å². The molecular formula is C25H18BrNO8S. The van der Waals surface area contributed by atoms with Crippen LogP contribution in [0.15, 0.2) is 68.4 Å². The molecule has 0 atom stereocenters. The lowest BCUT2D eigenvalue weighted by atomic mass is 10.1. The molecule has 1 aromatic heterocycles. The third-order valence-electron chi connectivity index (χ3n) is 5.08. The van der Waals surface area contributed by atoms with E-state index in [1.165, 1.54) is 31.4 Å². The molecule has 2 heterocycles. The molecule has 9 nitrogen and oxygen atoms in total. The predicted octanol–water partition coefficient (Wildman–Crippen LogP) is 5.34. The third kappa shape index (κ3) is 5.69. The second-order valence-electron chi connectivity index (χ2n) is 7.51. The van der Waals surface area contributed by atoms with Crippen LogP contribution in [0.4, 0.5) is 4.79 Å². The van der Waals surface area contributed by atoms with Crippen LogP contribution in [0.3, 0.4) is 0 Å². The summed E-state index contributed by atoms with van der Waals surface area (Å²) < 4.78 is 16.4. The van der Waals surface area contributed by atoms with Crippen molar-refractivity contribution < 1.29 is 38.2 Å². The molecule has 0 spiro atoms. The number of carboxylic acids is 1. The van der Waals surface area contributed by atoms with Gasteiger partial charge in [-0.25, -0.2) is 9.59 Å². The van der Waals surface area contributed by atoms with Gasteiger partial charge in [0.05, 0.1) is 28.6 Å². The van der Waals surface area contributed by atoms with Crippen molar-refractivity contribution >= 4 is 56.9 Å². The van der Waals surface area contributed by atoms with Gasteiger partial charge in [-0.2, -0.15) is 0 Å². The van der Waals surface area contributed by atoms with Crippen LogP contribution in [-0.4, -0.2) is 40.2 Å². The Morgan fingerprint density at radius 2 is 1.86 bits per heavy atom. The molecule has 0 bridgehead atoms. The van der Waals surface area contributed by atoms with Crippen LogP contribution in [0.2, 0.25) is 0 Å². The quantitative estimate of drug-likeness (QED) is 0.281. The van der Waals surface area contributed by atoms with Crippen LogP contribution >= 0.6 is 27.7 Å². The van der Waals surface area contributed by atoms with Crippen molar-refractivity contribution in [2.24, 2.45) is 0 Å². The molecule has 3 aromatic rings. The van der Waals surface area contributed by atoms with Crippen LogP contribution < -0.4 is 4.74 Å². The molecule has 1 N–H and O–H groups in total. The molecule has 0 aliphatic carbocycles. The molecule has 0 unspecified atom stereocenters. The van der Waals surface area contributed by atoms with E-state index in [1.54, 1.807) is 36.4 Å². The number of imide groups is 1. The first kappa shape index (κ1) is 25.3. The van der Waals surface area contributed by atoms with E-state index in [9.17, 15) is 19.2 Å². The van der Waals surface area contributed by atoms with Crippen molar-refractivity contribution in [3.8, 4) is 5.75 Å². The van der Waals surface area contributed by atoms with Gasteiger partial charge in [0.15, 0.2) is 0 Å². The maximum atomic E-state index is 12.8. The number of carbonyl (C=O) groups excluding carboxylic acids is 3. The average molecular weight is 572 g/mol. The van der Waals surface area contributed by atoms with E-state index in [1.807, 2.05) is 0 Å². The van der Waals surface area contributed by atoms with Gasteiger partial charge in [-0.05, 0) is 81.3 Å². The van der Waals surface area contributed by atoms with E-state index >= 15 is 0 Å². The minimum atomic E-state index is -0.993. The number of benzene rings is 2. The number of carboxylic acid groups (broad SMARTS) is 1. The molecule has 2 amide bonds. The smallest absolute Gasteiger partial charge is 0.373 e. The van der Waals surface area contributed by atoms with Crippen molar-refractivity contribution in [3.63, 3.8) is 0 Å². The fraction of sp³-hybridized carbons (Fsp3) is 0.120. The van der Waals surface area contributed by atoms with Crippen LogP contribution in [0, 0.1) is 0 Å². The molecule has 0 saturated carbocycles. The highest BCUT2D eigenvalue weighted by Crippen LogP contribution is 2.35. The number of halogens is 1. The van der Waals surface area contributed by atoms with Crippen molar-refractivity contribution in [3.05, 3.63) is 92.2 Å². The van der Waals surface area contributed by atoms with Gasteiger partial charge in [0.2, 0.25) is 5.76 Å². The van der Waals surface area contributed by atoms with Gasteiger partial charge < -0.3 is 19.0 Å². The summed E-state index contributed by atoms with van der Waals surface area (Å²) in [6.07, 6.45) is 1.60. The zero-order chi connectivity index (χ0) is 25.8. The number of amides is 2. The number of carbonyl (C=O) groups is 4. The Kier molecular flexibility index (Phi) is 7.61. The number of hydrogen-bond acceptors (Lipinski definition) is 8. The van der Waals surface area contributed by atoms with Crippen LogP contribution in [0.1, 0.15) is 37.8 Å². The average Bonchev–Trinajstić information content (AvgIpc) is 3.43. The topological polar surface area (TPSA) is 123 Å². The summed E-state index contributed by atoms with van der Waals surface area (Å²) in [4.78, 5) is 49.0. The number of esters is 1. The molecule has 36 heavy (non-hydrogen) atoms. The molecule has 184 valence electrons. The van der Waals surface area contributed by atoms with E-state index in [0.717, 1.165) is 22.2 Å². The number of methoxy groups -OCH3 is 1. The van der Waals surface area contributed by atoms with Crippen molar-refractivity contribution in [1.29, 1.82) is 0 Å². The molecule has 1 fully saturated rings. The van der Waals surface area contributed by atoms with Crippen LogP contribution in [0.5, 0.6) is 5.75 Å². The van der Waals surface area contributed by atoms with Crippen molar-refractivity contribution in [1.82, 2.24) is 4.90 Å². The Labute approximate surface area is 217 Å². The lowest BCUT2D eigenvalue weighted by molar-refractivity contribution is -0.123. The molecule has 1 aliphatic heterocycles. The highest BCUT2D eigenvalue weighted by molar-refractivity contribution is 9.10. The van der Waals surface area contributed by atoms with Gasteiger partial charge in [0.1, 0.15) is 18.1 Å². The van der Waals surface area contributed by atoms with Crippen molar-refractivity contribution in [2.75, 3.05) is 7.11 Å². The first-order valence-electron chi connectivity index (χ1n) is 10.4. The van der Waals surface area contributed by atoms with E-state index in [-0.39, 0.29) is 35.1 Å². The fourth-order valence-corrected chi connectivity index (χ4v) is 4.59. The molecule has 1 aliphatic rings. The molecule has 2 aromatic carbocycles. The SMILES string of the molecule is COC(=O)c1ccc(CN2C(=O)S/C(=C/c3ccc(OCc4ccc(C(=O)O)cc4)c(Br)c3)C2=O)o1. The van der Waals surface area contributed by atoms with Crippen LogP contribution in [-0.2, 0) is 22.7 Å². The number of nitrogens with zero attached hydrogens (tertiary/aromatic N) is 1. The minimum absolute atomic E-state index is 0.0144. The monoisotopic (exact) mass is 571 g/mol. The Morgan fingerprint density at radius 1 is 1.11 bits per heavy atom. The molecule has 4 rings (SSSR count). The van der Waals surface area contributed by atoms with E-state index in [4.69, 9.17) is 14.3 Å². The summed E-state index contributed by atoms with van der Waals surface area (Å²) in [6, 6.07) is 14.5. The lowest BCUT2D eigenvalue weighted by Crippen LogP contribution is -2.27. The lowest BCUT2D eigenvalue weighted by Gasteiger charge is -2.10. The summed E-state index contributed by atoms with van der Waals surface area (Å²) in [6.45, 7) is 0.129. The fourth-order valence-electron chi connectivity index (χ4n) is 3.25. The zero-order valence-electron chi connectivity index (χ0n) is 18.7. The van der Waals surface area contributed by atoms with Gasteiger partial charge in [-0.1, -0.05) is 18.2 Å². The van der Waals surface area contributed by atoms with Gasteiger partial charge >= 0.3 is 11.9 Å². The summed E-state index contributed by atoms with van der Waals surface area (Å²) in [5.74, 6) is -1.29. The number of ether oxygens (including phenoxy) is 2. The third-order valence-corrected chi connectivity index (χ3v) is 6.61. The maximum absolute atomic E-state index is 12.8. The summed E-state index contributed by atoms with van der Waals surface area (Å²) in [5.41, 5.74) is 1.68. The zero-order valence-corrected chi connectivity index (χ0v) is 21.1. The normalized spacial score (nSPS) is 14.4. The highest BCUT2D eigenvalue weighted by atomic mass is 79.9. The summed E-state index contributed by atoms with van der Waals surface area (Å²) in [5, 5.41) is 8.53. The molecular weight excluding hydrogens is 554 g/mol. The van der Waals surface area contributed by atoms with E-state index < -0.39 is 23.1 Å². The predicted molar refractivity (Wildman–Crippen MR) is 133 cm³/mol. The standard InChI is InChI=1S/C25H18BrNO8S/c1-33-24(31)20-9-7-17(35-20)12-27-22(28)21(36-25(27)32)11-15-4-8-19(18(26)10-15)34-13-14-2-5-16(6-3-14)23(29)30/h2-11H,12-13H2,1H3,(H,29,30)/b21-11+. The Morgan fingerprint density at radius 3 is 2.53 bits per heavy atom.